The molecule has 1 aromatic carbocycles. The second-order valence-electron chi connectivity index (χ2n) is 5.03. The second kappa shape index (κ2) is 7.58. The molecule has 126 valence electrons. The van der Waals surface area contributed by atoms with Gasteiger partial charge in [-0.2, -0.15) is 0 Å². The molecule has 0 aliphatic carbocycles. The molecule has 0 saturated heterocycles. The van der Waals surface area contributed by atoms with Crippen LogP contribution in [0.25, 0.3) is 10.9 Å². The summed E-state index contributed by atoms with van der Waals surface area (Å²) in [6.07, 6.45) is 0.309. The molecular formula is C15H20N2O5S. The van der Waals surface area contributed by atoms with Crippen molar-refractivity contribution in [1.29, 1.82) is 0 Å². The number of pyridine rings is 1. The molecule has 7 nitrogen and oxygen atoms in total. The zero-order valence-electron chi connectivity index (χ0n) is 13.1. The van der Waals surface area contributed by atoms with Crippen LogP contribution in [0.15, 0.2) is 29.1 Å². The molecule has 0 aliphatic rings. The number of methoxy groups -OCH3 is 2. The zero-order valence-corrected chi connectivity index (χ0v) is 13.9. The minimum absolute atomic E-state index is 0.0998. The Balaban J connectivity index is 2.09. The van der Waals surface area contributed by atoms with Crippen LogP contribution in [0.2, 0.25) is 0 Å². The summed E-state index contributed by atoms with van der Waals surface area (Å²) in [5, 5.41) is 0.864. The van der Waals surface area contributed by atoms with Gasteiger partial charge in [0, 0.05) is 25.3 Å². The molecule has 1 aromatic heterocycles. The lowest BCUT2D eigenvalue weighted by Gasteiger charge is -2.07. The van der Waals surface area contributed by atoms with E-state index in [1.165, 1.54) is 7.11 Å². The first-order valence-corrected chi connectivity index (χ1v) is 8.76. The number of ether oxygens (including phenoxy) is 2. The Bertz CT molecular complexity index is 829. The summed E-state index contributed by atoms with van der Waals surface area (Å²) in [5.41, 5.74) is 0.970. The minimum Gasteiger partial charge on any atom is -0.497 e. The normalized spacial score (nSPS) is 11.7. The number of hydrogen-bond acceptors (Lipinski definition) is 5. The van der Waals surface area contributed by atoms with Crippen LogP contribution >= 0.6 is 0 Å². The highest BCUT2D eigenvalue weighted by Crippen LogP contribution is 2.18. The minimum atomic E-state index is -3.38. The predicted molar refractivity (Wildman–Crippen MR) is 88.5 cm³/mol. The van der Waals surface area contributed by atoms with E-state index in [1.807, 2.05) is 6.07 Å². The molecule has 0 unspecified atom stereocenters. The fraction of sp³-hybridized carbons (Fsp3) is 0.400. The van der Waals surface area contributed by atoms with E-state index in [2.05, 4.69) is 9.71 Å². The van der Waals surface area contributed by atoms with Gasteiger partial charge in [-0.1, -0.05) is 0 Å². The number of benzene rings is 1. The molecule has 0 saturated carbocycles. The van der Waals surface area contributed by atoms with E-state index >= 15 is 0 Å². The highest BCUT2D eigenvalue weighted by Gasteiger charge is 2.10. The summed E-state index contributed by atoms with van der Waals surface area (Å²) in [5.74, 6) is 0.559. The largest absolute Gasteiger partial charge is 0.497 e. The molecule has 2 N–H and O–H groups in total. The van der Waals surface area contributed by atoms with Crippen LogP contribution in [0.1, 0.15) is 5.56 Å². The number of H-pyrrole nitrogens is 1. The van der Waals surface area contributed by atoms with Crippen molar-refractivity contribution in [2.24, 2.45) is 0 Å². The molecule has 23 heavy (non-hydrogen) atoms. The maximum Gasteiger partial charge on any atom is 0.251 e. The van der Waals surface area contributed by atoms with Gasteiger partial charge in [0.2, 0.25) is 10.0 Å². The lowest BCUT2D eigenvalue weighted by molar-refractivity contribution is 0.217. The standard InChI is InChI=1S/C15H20N2O5S/c1-21-7-8-23(19,20)16-6-5-12-9-11-3-4-13(22-2)10-14(11)17-15(12)18/h3-4,9-10,16H,5-8H2,1-2H3,(H,17,18). The van der Waals surface area contributed by atoms with Crippen molar-refractivity contribution in [2.45, 2.75) is 6.42 Å². The first-order valence-electron chi connectivity index (χ1n) is 7.11. The van der Waals surface area contributed by atoms with Gasteiger partial charge in [0.1, 0.15) is 5.75 Å². The molecule has 8 heteroatoms. The van der Waals surface area contributed by atoms with Crippen molar-refractivity contribution in [3.05, 3.63) is 40.2 Å². The number of aromatic nitrogens is 1. The van der Waals surface area contributed by atoms with Crippen molar-refractivity contribution < 1.29 is 17.9 Å². The monoisotopic (exact) mass is 340 g/mol. The Hall–Kier alpha value is -1.90. The quantitative estimate of drug-likeness (QED) is 0.735. The second-order valence-corrected chi connectivity index (χ2v) is 6.96. The highest BCUT2D eigenvalue weighted by atomic mass is 32.2. The summed E-state index contributed by atoms with van der Waals surface area (Å²) in [6, 6.07) is 7.15. The lowest BCUT2D eigenvalue weighted by atomic mass is 10.1. The third kappa shape index (κ3) is 4.78. The van der Waals surface area contributed by atoms with E-state index in [0.29, 0.717) is 23.3 Å². The van der Waals surface area contributed by atoms with Crippen molar-refractivity contribution >= 4 is 20.9 Å². The van der Waals surface area contributed by atoms with Gasteiger partial charge in [0.25, 0.3) is 5.56 Å². The van der Waals surface area contributed by atoms with Gasteiger partial charge >= 0.3 is 0 Å². The van der Waals surface area contributed by atoms with Gasteiger partial charge in [-0.25, -0.2) is 13.1 Å². The number of sulfonamides is 1. The van der Waals surface area contributed by atoms with Crippen LogP contribution < -0.4 is 15.0 Å². The predicted octanol–water partition coefficient (Wildman–Crippen LogP) is 0.645. The molecule has 0 bridgehead atoms. The molecule has 2 rings (SSSR count). The Labute approximate surface area is 134 Å². The van der Waals surface area contributed by atoms with Crippen LogP contribution in [0.3, 0.4) is 0 Å². The maximum absolute atomic E-state index is 12.1. The Morgan fingerprint density at radius 3 is 2.70 bits per heavy atom. The number of hydrogen-bond donors (Lipinski definition) is 2. The van der Waals surface area contributed by atoms with Crippen LogP contribution in [0.5, 0.6) is 5.75 Å². The fourth-order valence-electron chi connectivity index (χ4n) is 2.14. The van der Waals surface area contributed by atoms with Crippen molar-refractivity contribution in [3.63, 3.8) is 0 Å². The first-order chi connectivity index (χ1) is 10.9. The van der Waals surface area contributed by atoms with Gasteiger partial charge in [-0.3, -0.25) is 4.79 Å². The third-order valence-corrected chi connectivity index (χ3v) is 4.75. The van der Waals surface area contributed by atoms with Gasteiger partial charge in [-0.05, 0) is 30.0 Å². The first kappa shape index (κ1) is 17.5. The van der Waals surface area contributed by atoms with Crippen molar-refractivity contribution in [1.82, 2.24) is 9.71 Å². The highest BCUT2D eigenvalue weighted by molar-refractivity contribution is 7.89. The number of fused-ring (bicyclic) bond motifs is 1. The zero-order chi connectivity index (χ0) is 16.9. The summed E-state index contributed by atoms with van der Waals surface area (Å²) < 4.78 is 35.6. The van der Waals surface area contributed by atoms with E-state index in [-0.39, 0.29) is 24.5 Å². The molecular weight excluding hydrogens is 320 g/mol. The molecule has 0 aliphatic heterocycles. The summed E-state index contributed by atoms with van der Waals surface area (Å²) in [6.45, 7) is 0.296. The lowest BCUT2D eigenvalue weighted by Crippen LogP contribution is -2.31. The number of rotatable bonds is 8. The summed E-state index contributed by atoms with van der Waals surface area (Å²) in [7, 11) is -0.380. The smallest absolute Gasteiger partial charge is 0.251 e. The fourth-order valence-corrected chi connectivity index (χ4v) is 3.09. The van der Waals surface area contributed by atoms with Gasteiger partial charge in [0.05, 0.1) is 25.0 Å². The molecule has 0 atom stereocenters. The maximum atomic E-state index is 12.1. The van der Waals surface area contributed by atoms with E-state index in [9.17, 15) is 13.2 Å². The summed E-state index contributed by atoms with van der Waals surface area (Å²) in [4.78, 5) is 14.8. The number of nitrogens with one attached hydrogen (secondary N) is 2. The van der Waals surface area contributed by atoms with Crippen LogP contribution in [-0.4, -0.2) is 46.5 Å². The Kier molecular flexibility index (Phi) is 5.75. The van der Waals surface area contributed by atoms with Gasteiger partial charge in [0.15, 0.2) is 0 Å². The summed E-state index contributed by atoms with van der Waals surface area (Å²) >= 11 is 0. The van der Waals surface area contributed by atoms with Crippen LogP contribution in [0, 0.1) is 0 Å². The Morgan fingerprint density at radius 1 is 1.22 bits per heavy atom. The third-order valence-electron chi connectivity index (χ3n) is 3.40. The number of aromatic amines is 1. The molecule has 1 heterocycles. The molecule has 0 fully saturated rings. The molecule has 2 aromatic rings. The van der Waals surface area contributed by atoms with Gasteiger partial charge in [-0.15, -0.1) is 0 Å². The molecule has 0 radical (unpaired) electrons. The van der Waals surface area contributed by atoms with E-state index in [0.717, 1.165) is 5.39 Å². The topological polar surface area (TPSA) is 97.5 Å². The van der Waals surface area contributed by atoms with E-state index < -0.39 is 10.0 Å². The average Bonchev–Trinajstić information content (AvgIpc) is 2.53. The van der Waals surface area contributed by atoms with E-state index in [4.69, 9.17) is 9.47 Å². The van der Waals surface area contributed by atoms with E-state index in [1.54, 1.807) is 25.3 Å². The van der Waals surface area contributed by atoms with Crippen LogP contribution in [0.4, 0.5) is 0 Å². The van der Waals surface area contributed by atoms with Gasteiger partial charge < -0.3 is 14.5 Å². The SMILES string of the molecule is COCCS(=O)(=O)NCCc1cc2ccc(OC)cc2[nH]c1=O. The Morgan fingerprint density at radius 2 is 2.00 bits per heavy atom. The molecule has 0 amide bonds. The molecule has 0 spiro atoms. The van der Waals surface area contributed by atoms with Crippen LogP contribution in [-0.2, 0) is 21.2 Å². The van der Waals surface area contributed by atoms with Crippen molar-refractivity contribution in [2.75, 3.05) is 33.1 Å². The van der Waals surface area contributed by atoms with Crippen molar-refractivity contribution in [3.8, 4) is 5.75 Å². The average molecular weight is 340 g/mol.